The second-order valence-corrected chi connectivity index (χ2v) is 2.85. The van der Waals surface area contributed by atoms with Crippen molar-refractivity contribution in [3.8, 4) is 0 Å². The van der Waals surface area contributed by atoms with Gasteiger partial charge in [0.15, 0.2) is 0 Å². The first-order valence-corrected chi connectivity index (χ1v) is 4.54. The Morgan fingerprint density at radius 2 is 2.08 bits per heavy atom. The summed E-state index contributed by atoms with van der Waals surface area (Å²) in [6.07, 6.45) is 4.88. The summed E-state index contributed by atoms with van der Waals surface area (Å²) < 4.78 is 4.78. The number of carbonyl (C=O) groups is 1. The third kappa shape index (κ3) is 5.96. The van der Waals surface area contributed by atoms with Crippen molar-refractivity contribution in [3.63, 3.8) is 0 Å². The minimum Gasteiger partial charge on any atom is -0.463 e. The molecule has 0 saturated heterocycles. The van der Waals surface area contributed by atoms with Crippen molar-refractivity contribution in [1.29, 1.82) is 0 Å². The van der Waals surface area contributed by atoms with Crippen molar-refractivity contribution in [2.75, 3.05) is 6.61 Å². The average molecular weight is 170 g/mol. The molecule has 0 heterocycles. The van der Waals surface area contributed by atoms with Gasteiger partial charge in [0.05, 0.1) is 6.61 Å². The van der Waals surface area contributed by atoms with Crippen LogP contribution in [0.15, 0.2) is 11.6 Å². The normalized spacial score (nSPS) is 11.4. The fraction of sp³-hybridized carbons (Fsp3) is 0.700. The molecule has 0 saturated carbocycles. The number of rotatable bonds is 5. The number of hydrogen-bond acceptors (Lipinski definition) is 2. The minimum atomic E-state index is -0.217. The molecule has 0 aromatic heterocycles. The number of hydrogen-bond donors (Lipinski definition) is 0. The van der Waals surface area contributed by atoms with E-state index in [0.717, 1.165) is 24.8 Å². The van der Waals surface area contributed by atoms with Crippen LogP contribution in [0.3, 0.4) is 0 Å². The van der Waals surface area contributed by atoms with Crippen LogP contribution in [0.1, 0.15) is 40.0 Å². The van der Waals surface area contributed by atoms with Crippen LogP contribution in [0.2, 0.25) is 0 Å². The fourth-order valence-electron chi connectivity index (χ4n) is 0.913. The molecule has 2 heteroatoms. The van der Waals surface area contributed by atoms with Gasteiger partial charge in [0.25, 0.3) is 0 Å². The monoisotopic (exact) mass is 170 g/mol. The molecule has 0 radical (unpaired) electrons. The molecule has 0 amide bonds. The highest BCUT2D eigenvalue weighted by atomic mass is 16.5. The summed E-state index contributed by atoms with van der Waals surface area (Å²) in [5, 5.41) is 0. The van der Waals surface area contributed by atoms with Crippen LogP contribution in [-0.2, 0) is 9.53 Å². The zero-order valence-electron chi connectivity index (χ0n) is 8.22. The zero-order valence-corrected chi connectivity index (χ0v) is 8.22. The van der Waals surface area contributed by atoms with E-state index in [2.05, 4.69) is 6.92 Å². The molecule has 0 aliphatic carbocycles. The lowest BCUT2D eigenvalue weighted by Gasteiger charge is -1.99. The highest BCUT2D eigenvalue weighted by Gasteiger charge is 1.96. The summed E-state index contributed by atoms with van der Waals surface area (Å²) >= 11 is 0. The van der Waals surface area contributed by atoms with Crippen LogP contribution < -0.4 is 0 Å². The van der Waals surface area contributed by atoms with Crippen LogP contribution in [0.4, 0.5) is 0 Å². The smallest absolute Gasteiger partial charge is 0.330 e. The SMILES string of the molecule is CCCC/C(C)=C\C(=O)OCC. The minimum absolute atomic E-state index is 0.217. The zero-order chi connectivity index (χ0) is 9.40. The Labute approximate surface area is 74.6 Å². The lowest BCUT2D eigenvalue weighted by molar-refractivity contribution is -0.137. The van der Waals surface area contributed by atoms with Crippen molar-refractivity contribution in [2.45, 2.75) is 40.0 Å². The molecule has 0 spiro atoms. The van der Waals surface area contributed by atoms with Gasteiger partial charge >= 0.3 is 5.97 Å². The quantitative estimate of drug-likeness (QED) is 0.468. The summed E-state index contributed by atoms with van der Waals surface area (Å²) in [6, 6.07) is 0. The molecule has 0 N–H and O–H groups in total. The highest BCUT2D eigenvalue weighted by Crippen LogP contribution is 2.05. The van der Waals surface area contributed by atoms with Gasteiger partial charge < -0.3 is 4.74 Å². The predicted molar refractivity (Wildman–Crippen MR) is 49.9 cm³/mol. The maximum Gasteiger partial charge on any atom is 0.330 e. The molecule has 12 heavy (non-hydrogen) atoms. The molecule has 0 unspecified atom stereocenters. The van der Waals surface area contributed by atoms with E-state index in [1.807, 2.05) is 13.8 Å². The Bertz CT molecular complexity index is 159. The summed E-state index contributed by atoms with van der Waals surface area (Å²) in [5.74, 6) is -0.217. The van der Waals surface area contributed by atoms with Gasteiger partial charge in [0.1, 0.15) is 0 Å². The molecule has 0 aromatic carbocycles. The van der Waals surface area contributed by atoms with E-state index in [0.29, 0.717) is 6.61 Å². The number of esters is 1. The van der Waals surface area contributed by atoms with E-state index >= 15 is 0 Å². The van der Waals surface area contributed by atoms with Crippen molar-refractivity contribution in [3.05, 3.63) is 11.6 Å². The fourth-order valence-corrected chi connectivity index (χ4v) is 0.913. The van der Waals surface area contributed by atoms with Gasteiger partial charge in [-0.25, -0.2) is 4.79 Å². The Balaban J connectivity index is 3.72. The first-order valence-electron chi connectivity index (χ1n) is 4.54. The van der Waals surface area contributed by atoms with E-state index in [1.54, 1.807) is 6.08 Å². The maximum atomic E-state index is 10.9. The predicted octanol–water partition coefficient (Wildman–Crippen LogP) is 2.69. The van der Waals surface area contributed by atoms with Gasteiger partial charge in [-0.05, 0) is 26.7 Å². The van der Waals surface area contributed by atoms with Crippen LogP contribution in [0.5, 0.6) is 0 Å². The van der Waals surface area contributed by atoms with Gasteiger partial charge in [-0.15, -0.1) is 0 Å². The van der Waals surface area contributed by atoms with Crippen LogP contribution in [0.25, 0.3) is 0 Å². The van der Waals surface area contributed by atoms with Crippen molar-refractivity contribution >= 4 is 5.97 Å². The lowest BCUT2D eigenvalue weighted by atomic mass is 10.1. The number of unbranched alkanes of at least 4 members (excludes halogenated alkanes) is 1. The Morgan fingerprint density at radius 1 is 1.42 bits per heavy atom. The highest BCUT2D eigenvalue weighted by molar-refractivity contribution is 5.82. The van der Waals surface area contributed by atoms with Gasteiger partial charge in [-0.1, -0.05) is 18.9 Å². The third-order valence-corrected chi connectivity index (χ3v) is 1.58. The molecule has 70 valence electrons. The van der Waals surface area contributed by atoms with Crippen LogP contribution in [-0.4, -0.2) is 12.6 Å². The number of allylic oxidation sites excluding steroid dienone is 1. The van der Waals surface area contributed by atoms with Crippen molar-refractivity contribution < 1.29 is 9.53 Å². The average Bonchev–Trinajstić information content (AvgIpc) is 2.01. The molecule has 0 bridgehead atoms. The second-order valence-electron chi connectivity index (χ2n) is 2.85. The lowest BCUT2D eigenvalue weighted by Crippen LogP contribution is -2.00. The molecule has 0 rings (SSSR count). The molecular formula is C10H18O2. The third-order valence-electron chi connectivity index (χ3n) is 1.58. The van der Waals surface area contributed by atoms with E-state index in [4.69, 9.17) is 4.74 Å². The second kappa shape index (κ2) is 6.89. The summed E-state index contributed by atoms with van der Waals surface area (Å²) in [6.45, 7) is 6.37. The van der Waals surface area contributed by atoms with Gasteiger partial charge in [-0.3, -0.25) is 0 Å². The molecule has 0 aromatic rings. The number of carbonyl (C=O) groups excluding carboxylic acids is 1. The molecule has 0 fully saturated rings. The molecule has 2 nitrogen and oxygen atoms in total. The summed E-state index contributed by atoms with van der Waals surface area (Å²) in [7, 11) is 0. The van der Waals surface area contributed by atoms with E-state index in [-0.39, 0.29) is 5.97 Å². The van der Waals surface area contributed by atoms with Crippen molar-refractivity contribution in [1.82, 2.24) is 0 Å². The number of ether oxygens (including phenoxy) is 1. The maximum absolute atomic E-state index is 10.9. The first kappa shape index (κ1) is 11.2. The molecular weight excluding hydrogens is 152 g/mol. The molecule has 0 atom stereocenters. The largest absolute Gasteiger partial charge is 0.463 e. The van der Waals surface area contributed by atoms with Crippen LogP contribution in [0, 0.1) is 0 Å². The van der Waals surface area contributed by atoms with E-state index in [1.165, 1.54) is 0 Å². The van der Waals surface area contributed by atoms with Crippen LogP contribution >= 0.6 is 0 Å². The first-order chi connectivity index (χ1) is 5.70. The van der Waals surface area contributed by atoms with Gasteiger partial charge in [-0.2, -0.15) is 0 Å². The van der Waals surface area contributed by atoms with Crippen molar-refractivity contribution in [2.24, 2.45) is 0 Å². The molecule has 0 aliphatic rings. The van der Waals surface area contributed by atoms with Gasteiger partial charge in [0.2, 0.25) is 0 Å². The molecule has 0 aliphatic heterocycles. The van der Waals surface area contributed by atoms with E-state index < -0.39 is 0 Å². The summed E-state index contributed by atoms with van der Waals surface area (Å²) in [4.78, 5) is 10.9. The topological polar surface area (TPSA) is 26.3 Å². The Hall–Kier alpha value is -0.790. The Kier molecular flexibility index (Phi) is 6.44. The standard InChI is InChI=1S/C10H18O2/c1-4-6-7-9(3)8-10(11)12-5-2/h8H,4-7H2,1-3H3/b9-8-. The van der Waals surface area contributed by atoms with Gasteiger partial charge in [0, 0.05) is 6.08 Å². The summed E-state index contributed by atoms with van der Waals surface area (Å²) in [5.41, 5.74) is 1.11. The Morgan fingerprint density at radius 3 is 2.58 bits per heavy atom. The van der Waals surface area contributed by atoms with E-state index in [9.17, 15) is 4.79 Å².